The van der Waals surface area contributed by atoms with Crippen molar-refractivity contribution in [2.24, 2.45) is 4.99 Å². The average Bonchev–Trinajstić information content (AvgIpc) is 2.05. The first-order chi connectivity index (χ1) is 5.79. The summed E-state index contributed by atoms with van der Waals surface area (Å²) in [6.07, 6.45) is 1.35. The second kappa shape index (κ2) is 4.44. The molecule has 0 N–H and O–H groups in total. The van der Waals surface area contributed by atoms with E-state index in [0.29, 0.717) is 6.54 Å². The summed E-state index contributed by atoms with van der Waals surface area (Å²) < 4.78 is 0. The van der Waals surface area contributed by atoms with Gasteiger partial charge in [-0.1, -0.05) is 30.3 Å². The van der Waals surface area contributed by atoms with Crippen molar-refractivity contribution >= 4 is 12.0 Å². The highest BCUT2D eigenvalue weighted by molar-refractivity contribution is 6.26. The third kappa shape index (κ3) is 3.10. The van der Waals surface area contributed by atoms with Crippen LogP contribution in [0.15, 0.2) is 35.3 Å². The fraction of sp³-hybridized carbons (Fsp3) is 0.200. The highest BCUT2D eigenvalue weighted by Gasteiger charge is 1.87. The third-order valence-corrected chi connectivity index (χ3v) is 1.39. The van der Waals surface area contributed by atoms with Crippen LogP contribution in [0.25, 0.3) is 0 Å². The maximum atomic E-state index is 10.5. The lowest BCUT2D eigenvalue weighted by molar-refractivity contribution is -0.110. The predicted octanol–water partition coefficient (Wildman–Crippen LogP) is 1.85. The summed E-state index contributed by atoms with van der Waals surface area (Å²) in [4.78, 5) is 14.5. The van der Waals surface area contributed by atoms with Gasteiger partial charge in [-0.3, -0.25) is 9.79 Å². The SMILES string of the molecule is CC(=O)C=NCc1ccccc1. The first-order valence-electron chi connectivity index (χ1n) is 3.83. The van der Waals surface area contributed by atoms with E-state index in [1.54, 1.807) is 0 Å². The molecule has 0 fully saturated rings. The molecule has 0 aliphatic carbocycles. The van der Waals surface area contributed by atoms with Gasteiger partial charge in [0.1, 0.15) is 0 Å². The number of hydrogen-bond donors (Lipinski definition) is 0. The first-order valence-corrected chi connectivity index (χ1v) is 3.83. The van der Waals surface area contributed by atoms with Crippen LogP contribution in [0.1, 0.15) is 12.5 Å². The average molecular weight is 161 g/mol. The summed E-state index contributed by atoms with van der Waals surface area (Å²) in [6, 6.07) is 9.84. The Morgan fingerprint density at radius 3 is 2.67 bits per heavy atom. The highest BCUT2D eigenvalue weighted by atomic mass is 16.1. The number of aliphatic imine (C=N–C) groups is 1. The van der Waals surface area contributed by atoms with Gasteiger partial charge in [0.05, 0.1) is 12.8 Å². The molecule has 0 radical (unpaired) electrons. The van der Waals surface area contributed by atoms with Gasteiger partial charge in [-0.05, 0) is 5.56 Å². The van der Waals surface area contributed by atoms with Gasteiger partial charge in [-0.15, -0.1) is 0 Å². The summed E-state index contributed by atoms with van der Waals surface area (Å²) in [5.41, 5.74) is 1.12. The Kier molecular flexibility index (Phi) is 3.20. The van der Waals surface area contributed by atoms with Gasteiger partial charge >= 0.3 is 0 Å². The van der Waals surface area contributed by atoms with Gasteiger partial charge in [-0.25, -0.2) is 0 Å². The normalized spacial score (nSPS) is 10.4. The Hall–Kier alpha value is -1.44. The Bertz CT molecular complexity index is 277. The van der Waals surface area contributed by atoms with Crippen molar-refractivity contribution in [3.05, 3.63) is 35.9 Å². The molecule has 62 valence electrons. The van der Waals surface area contributed by atoms with Crippen molar-refractivity contribution in [2.45, 2.75) is 13.5 Å². The van der Waals surface area contributed by atoms with Gasteiger partial charge in [0.15, 0.2) is 5.78 Å². The van der Waals surface area contributed by atoms with Crippen LogP contribution in [0.4, 0.5) is 0 Å². The molecular weight excluding hydrogens is 150 g/mol. The van der Waals surface area contributed by atoms with E-state index in [1.807, 2.05) is 30.3 Å². The second-order valence-corrected chi connectivity index (χ2v) is 2.57. The Balaban J connectivity index is 2.49. The third-order valence-electron chi connectivity index (χ3n) is 1.39. The number of rotatable bonds is 3. The summed E-state index contributed by atoms with van der Waals surface area (Å²) in [5.74, 6) is -0.00840. The number of carbonyl (C=O) groups is 1. The number of ketones is 1. The Morgan fingerprint density at radius 1 is 1.42 bits per heavy atom. The maximum Gasteiger partial charge on any atom is 0.170 e. The second-order valence-electron chi connectivity index (χ2n) is 2.57. The number of Topliss-reactive ketones (excluding diaryl/α,β-unsaturated/α-hetero) is 1. The van der Waals surface area contributed by atoms with E-state index < -0.39 is 0 Å². The number of benzene rings is 1. The molecule has 12 heavy (non-hydrogen) atoms. The van der Waals surface area contributed by atoms with Crippen LogP contribution in [0.3, 0.4) is 0 Å². The van der Waals surface area contributed by atoms with Gasteiger partial charge < -0.3 is 0 Å². The molecule has 0 saturated heterocycles. The molecule has 0 spiro atoms. The van der Waals surface area contributed by atoms with E-state index in [-0.39, 0.29) is 5.78 Å². The summed E-state index contributed by atoms with van der Waals surface area (Å²) >= 11 is 0. The van der Waals surface area contributed by atoms with E-state index in [0.717, 1.165) is 5.56 Å². The van der Waals surface area contributed by atoms with Crippen LogP contribution < -0.4 is 0 Å². The van der Waals surface area contributed by atoms with E-state index in [1.165, 1.54) is 13.1 Å². The zero-order valence-corrected chi connectivity index (χ0v) is 7.03. The van der Waals surface area contributed by atoms with E-state index >= 15 is 0 Å². The fourth-order valence-corrected chi connectivity index (χ4v) is 0.863. The first kappa shape index (κ1) is 8.65. The van der Waals surface area contributed by atoms with Crippen molar-refractivity contribution in [2.75, 3.05) is 0 Å². The molecule has 0 saturated carbocycles. The molecule has 0 bridgehead atoms. The van der Waals surface area contributed by atoms with Gasteiger partial charge in [0.2, 0.25) is 0 Å². The van der Waals surface area contributed by atoms with E-state index in [4.69, 9.17) is 0 Å². The quantitative estimate of drug-likeness (QED) is 0.622. The van der Waals surface area contributed by atoms with Crippen LogP contribution in [0.5, 0.6) is 0 Å². The van der Waals surface area contributed by atoms with Crippen molar-refractivity contribution in [1.82, 2.24) is 0 Å². The summed E-state index contributed by atoms with van der Waals surface area (Å²) in [6.45, 7) is 2.08. The molecule has 1 rings (SSSR count). The van der Waals surface area contributed by atoms with Crippen molar-refractivity contribution in [3.8, 4) is 0 Å². The molecule has 0 aliphatic heterocycles. The topological polar surface area (TPSA) is 29.4 Å². The van der Waals surface area contributed by atoms with Crippen LogP contribution in [0, 0.1) is 0 Å². The van der Waals surface area contributed by atoms with Crippen molar-refractivity contribution < 1.29 is 4.79 Å². The van der Waals surface area contributed by atoms with Crippen LogP contribution in [-0.2, 0) is 11.3 Å². The van der Waals surface area contributed by atoms with E-state index in [2.05, 4.69) is 4.99 Å². The van der Waals surface area contributed by atoms with Gasteiger partial charge in [0, 0.05) is 6.92 Å². The molecule has 1 aromatic rings. The molecule has 0 heterocycles. The standard InChI is InChI=1S/C10H11NO/c1-9(12)7-11-8-10-5-3-2-4-6-10/h2-7H,8H2,1H3. The molecule has 2 heteroatoms. The molecule has 0 aromatic heterocycles. The lowest BCUT2D eigenvalue weighted by Gasteiger charge is -1.92. The minimum absolute atomic E-state index is 0.00840. The zero-order chi connectivity index (χ0) is 8.81. The summed E-state index contributed by atoms with van der Waals surface area (Å²) in [5, 5.41) is 0. The minimum Gasteiger partial charge on any atom is -0.293 e. The Labute approximate surface area is 71.9 Å². The number of hydrogen-bond acceptors (Lipinski definition) is 2. The van der Waals surface area contributed by atoms with Crippen molar-refractivity contribution in [1.29, 1.82) is 0 Å². The number of nitrogens with zero attached hydrogens (tertiary/aromatic N) is 1. The van der Waals surface area contributed by atoms with Crippen molar-refractivity contribution in [3.63, 3.8) is 0 Å². The Morgan fingerprint density at radius 2 is 2.08 bits per heavy atom. The monoisotopic (exact) mass is 161 g/mol. The molecule has 0 atom stereocenters. The molecule has 1 aromatic carbocycles. The fourth-order valence-electron chi connectivity index (χ4n) is 0.863. The summed E-state index contributed by atoms with van der Waals surface area (Å²) in [7, 11) is 0. The maximum absolute atomic E-state index is 10.5. The predicted molar refractivity (Wildman–Crippen MR) is 49.3 cm³/mol. The van der Waals surface area contributed by atoms with Crippen LogP contribution in [-0.4, -0.2) is 12.0 Å². The zero-order valence-electron chi connectivity index (χ0n) is 7.03. The molecule has 0 amide bonds. The number of carbonyl (C=O) groups excluding carboxylic acids is 1. The molecule has 0 unspecified atom stereocenters. The van der Waals surface area contributed by atoms with Crippen LogP contribution >= 0.6 is 0 Å². The molecular formula is C10H11NO. The van der Waals surface area contributed by atoms with E-state index in [9.17, 15) is 4.79 Å². The smallest absolute Gasteiger partial charge is 0.170 e. The van der Waals surface area contributed by atoms with Gasteiger partial charge in [-0.2, -0.15) is 0 Å². The lowest BCUT2D eigenvalue weighted by Crippen LogP contribution is -1.90. The highest BCUT2D eigenvalue weighted by Crippen LogP contribution is 1.98. The van der Waals surface area contributed by atoms with Crippen LogP contribution in [0.2, 0.25) is 0 Å². The van der Waals surface area contributed by atoms with Gasteiger partial charge in [0.25, 0.3) is 0 Å². The molecule has 0 aliphatic rings. The molecule has 2 nitrogen and oxygen atoms in total. The lowest BCUT2D eigenvalue weighted by atomic mass is 10.2. The largest absolute Gasteiger partial charge is 0.293 e. The minimum atomic E-state index is -0.00840.